The van der Waals surface area contributed by atoms with Crippen LogP contribution in [0, 0.1) is 11.3 Å². The van der Waals surface area contributed by atoms with E-state index in [1.807, 2.05) is 12.1 Å². The van der Waals surface area contributed by atoms with Gasteiger partial charge >= 0.3 is 0 Å². The summed E-state index contributed by atoms with van der Waals surface area (Å²) in [7, 11) is 0. The topological polar surface area (TPSA) is 130 Å². The summed E-state index contributed by atoms with van der Waals surface area (Å²) in [4.78, 5) is 18.8. The fourth-order valence-corrected chi connectivity index (χ4v) is 4.06. The van der Waals surface area contributed by atoms with Gasteiger partial charge in [-0.3, -0.25) is 9.69 Å². The summed E-state index contributed by atoms with van der Waals surface area (Å²) in [5.41, 5.74) is 8.81. The van der Waals surface area contributed by atoms with Crippen LogP contribution in [0.4, 0.5) is 5.95 Å². The minimum atomic E-state index is -0.554. The number of Topliss-reactive ketones (excluding diaryl/α,β-unsaturated/α-hetero) is 1. The second-order valence-electron chi connectivity index (χ2n) is 6.74. The summed E-state index contributed by atoms with van der Waals surface area (Å²) in [6, 6.07) is 7.66. The highest BCUT2D eigenvalue weighted by molar-refractivity contribution is 6.01. The molecule has 0 bridgehead atoms. The molecule has 0 saturated carbocycles. The number of fused-ring (bicyclic) bond motifs is 1. The number of nitrogens with two attached hydrogens (primary N) is 1. The lowest BCUT2D eigenvalue weighted by molar-refractivity contribution is -0.116. The molecule has 9 nitrogen and oxygen atoms in total. The van der Waals surface area contributed by atoms with Crippen molar-refractivity contribution in [2.45, 2.75) is 25.2 Å². The number of benzene rings is 1. The average molecular weight is 376 g/mol. The third kappa shape index (κ3) is 2.28. The molecule has 0 fully saturated rings. The van der Waals surface area contributed by atoms with Crippen LogP contribution in [0.25, 0.3) is 0 Å². The van der Waals surface area contributed by atoms with Gasteiger partial charge in [0.1, 0.15) is 12.1 Å². The molecule has 9 heteroatoms. The SMILES string of the molecule is N#CC1=C(N)N(c2ncn[nH]2)C2=C(C(=O)CCC2)C1c1ccc2c(c1)OCO2. The minimum Gasteiger partial charge on any atom is -0.454 e. The molecular formula is C19H16N6O3. The van der Waals surface area contributed by atoms with Gasteiger partial charge in [0.2, 0.25) is 12.7 Å². The zero-order valence-corrected chi connectivity index (χ0v) is 14.8. The van der Waals surface area contributed by atoms with Gasteiger partial charge in [-0.25, -0.2) is 5.10 Å². The summed E-state index contributed by atoms with van der Waals surface area (Å²) < 4.78 is 10.9. The first-order valence-electron chi connectivity index (χ1n) is 8.90. The summed E-state index contributed by atoms with van der Waals surface area (Å²) in [6.07, 6.45) is 3.17. The molecule has 0 saturated heterocycles. The third-order valence-corrected chi connectivity index (χ3v) is 5.26. The zero-order valence-electron chi connectivity index (χ0n) is 14.8. The van der Waals surface area contributed by atoms with Gasteiger partial charge in [0.05, 0.1) is 17.6 Å². The van der Waals surface area contributed by atoms with Crippen LogP contribution in [0.5, 0.6) is 11.5 Å². The zero-order chi connectivity index (χ0) is 19.3. The Morgan fingerprint density at radius 2 is 2.14 bits per heavy atom. The number of carbonyl (C=O) groups is 1. The van der Waals surface area contributed by atoms with Crippen molar-refractivity contribution in [2.75, 3.05) is 11.7 Å². The summed E-state index contributed by atoms with van der Waals surface area (Å²) in [6.45, 7) is 0.151. The Kier molecular flexibility index (Phi) is 3.58. The highest BCUT2D eigenvalue weighted by Crippen LogP contribution is 2.47. The van der Waals surface area contributed by atoms with Gasteiger partial charge in [0.15, 0.2) is 17.3 Å². The van der Waals surface area contributed by atoms with Crippen LogP contribution in [-0.2, 0) is 4.79 Å². The second-order valence-corrected chi connectivity index (χ2v) is 6.74. The van der Waals surface area contributed by atoms with Crippen LogP contribution in [0.15, 0.2) is 47.2 Å². The van der Waals surface area contributed by atoms with E-state index >= 15 is 0 Å². The highest BCUT2D eigenvalue weighted by atomic mass is 16.7. The van der Waals surface area contributed by atoms with E-state index in [1.54, 1.807) is 11.0 Å². The lowest BCUT2D eigenvalue weighted by Gasteiger charge is -2.38. The van der Waals surface area contributed by atoms with Crippen LogP contribution in [0.2, 0.25) is 0 Å². The van der Waals surface area contributed by atoms with E-state index < -0.39 is 5.92 Å². The first-order valence-corrected chi connectivity index (χ1v) is 8.90. The molecule has 1 atom stereocenters. The lowest BCUT2D eigenvalue weighted by atomic mass is 9.75. The minimum absolute atomic E-state index is 0.00804. The molecule has 1 unspecified atom stereocenters. The third-order valence-electron chi connectivity index (χ3n) is 5.26. The number of ketones is 1. The van der Waals surface area contributed by atoms with Crippen molar-refractivity contribution in [3.63, 3.8) is 0 Å². The van der Waals surface area contributed by atoms with E-state index in [-0.39, 0.29) is 18.4 Å². The van der Waals surface area contributed by atoms with Crippen molar-refractivity contribution in [1.82, 2.24) is 15.2 Å². The first-order chi connectivity index (χ1) is 13.7. The number of hydrogen-bond donors (Lipinski definition) is 2. The lowest BCUT2D eigenvalue weighted by Crippen LogP contribution is -2.39. The molecular weight excluding hydrogens is 360 g/mol. The number of ether oxygens (including phenoxy) is 2. The number of aromatic amines is 1. The van der Waals surface area contributed by atoms with Gasteiger partial charge in [-0.15, -0.1) is 0 Å². The van der Waals surface area contributed by atoms with Gasteiger partial charge in [-0.1, -0.05) is 6.07 Å². The van der Waals surface area contributed by atoms with Gasteiger partial charge in [0.25, 0.3) is 0 Å². The molecule has 0 radical (unpaired) electrons. The molecule has 5 rings (SSSR count). The molecule has 2 aliphatic heterocycles. The largest absolute Gasteiger partial charge is 0.454 e. The highest BCUT2D eigenvalue weighted by Gasteiger charge is 2.41. The number of aromatic nitrogens is 3. The Hall–Kier alpha value is -3.80. The second kappa shape index (κ2) is 6.13. The van der Waals surface area contributed by atoms with Crippen LogP contribution < -0.4 is 20.1 Å². The fraction of sp³-hybridized carbons (Fsp3) is 0.263. The maximum atomic E-state index is 13.0. The molecule has 28 heavy (non-hydrogen) atoms. The standard InChI is InChI=1S/C19H16N6O3/c20-7-11-16(10-4-5-14-15(6-10)28-9-27-14)17-12(2-1-3-13(17)26)25(18(11)21)19-22-8-23-24-19/h4-6,8,16H,1-3,9,21H2,(H,22,23,24). The summed E-state index contributed by atoms with van der Waals surface area (Å²) in [5.74, 6) is 1.32. The molecule has 0 spiro atoms. The first kappa shape index (κ1) is 16.4. The van der Waals surface area contributed by atoms with Crippen molar-refractivity contribution in [2.24, 2.45) is 5.73 Å². The number of H-pyrrole nitrogens is 1. The number of nitrogens with zero attached hydrogens (tertiary/aromatic N) is 4. The predicted molar refractivity (Wildman–Crippen MR) is 96.9 cm³/mol. The quantitative estimate of drug-likeness (QED) is 0.812. The number of allylic oxidation sites excluding steroid dienone is 3. The predicted octanol–water partition coefficient (Wildman–Crippen LogP) is 1.84. The van der Waals surface area contributed by atoms with Crippen molar-refractivity contribution in [3.8, 4) is 17.6 Å². The Morgan fingerprint density at radius 1 is 1.29 bits per heavy atom. The van der Waals surface area contributed by atoms with E-state index in [9.17, 15) is 10.1 Å². The molecule has 140 valence electrons. The van der Waals surface area contributed by atoms with E-state index in [2.05, 4.69) is 21.3 Å². The normalized spacial score (nSPS) is 21.0. The maximum absolute atomic E-state index is 13.0. The summed E-state index contributed by atoms with van der Waals surface area (Å²) >= 11 is 0. The Morgan fingerprint density at radius 3 is 2.93 bits per heavy atom. The molecule has 0 amide bonds. The van der Waals surface area contributed by atoms with Crippen molar-refractivity contribution >= 4 is 11.7 Å². The van der Waals surface area contributed by atoms with Crippen molar-refractivity contribution in [1.29, 1.82) is 5.26 Å². The van der Waals surface area contributed by atoms with E-state index in [1.165, 1.54) is 6.33 Å². The fourth-order valence-electron chi connectivity index (χ4n) is 4.06. The van der Waals surface area contributed by atoms with Gasteiger partial charge < -0.3 is 15.2 Å². The maximum Gasteiger partial charge on any atom is 0.231 e. The molecule has 3 N–H and O–H groups in total. The Bertz CT molecular complexity index is 1080. The van der Waals surface area contributed by atoms with E-state index in [4.69, 9.17) is 15.2 Å². The average Bonchev–Trinajstić information content (AvgIpc) is 3.38. The van der Waals surface area contributed by atoms with Gasteiger partial charge in [-0.05, 0) is 30.5 Å². The molecule has 1 aromatic carbocycles. The smallest absolute Gasteiger partial charge is 0.231 e. The number of rotatable bonds is 2. The van der Waals surface area contributed by atoms with Gasteiger partial charge in [-0.2, -0.15) is 15.3 Å². The number of nitriles is 1. The molecule has 2 aromatic rings. The number of hydrogen-bond acceptors (Lipinski definition) is 8. The van der Waals surface area contributed by atoms with Crippen molar-refractivity contribution in [3.05, 3.63) is 52.8 Å². The molecule has 1 aliphatic carbocycles. The van der Waals surface area contributed by atoms with Crippen molar-refractivity contribution < 1.29 is 14.3 Å². The van der Waals surface area contributed by atoms with Crippen LogP contribution in [-0.4, -0.2) is 27.8 Å². The Labute approximate surface area is 160 Å². The summed E-state index contributed by atoms with van der Waals surface area (Å²) in [5, 5.41) is 16.6. The number of nitrogens with one attached hydrogen (secondary N) is 1. The van der Waals surface area contributed by atoms with Crippen LogP contribution in [0.1, 0.15) is 30.7 Å². The molecule has 3 aliphatic rings. The van der Waals surface area contributed by atoms with Crippen LogP contribution >= 0.6 is 0 Å². The Balaban J connectivity index is 1.73. The number of carbonyl (C=O) groups excluding carboxylic acids is 1. The monoisotopic (exact) mass is 376 g/mol. The van der Waals surface area contributed by atoms with Crippen LogP contribution in [0.3, 0.4) is 0 Å². The van der Waals surface area contributed by atoms with E-state index in [0.717, 1.165) is 11.3 Å². The molecule has 3 heterocycles. The van der Waals surface area contributed by atoms with E-state index in [0.29, 0.717) is 47.9 Å². The molecule has 1 aromatic heterocycles. The number of anilines is 1. The van der Waals surface area contributed by atoms with Gasteiger partial charge in [0, 0.05) is 17.7 Å².